The molecule has 3 aromatic rings. The van der Waals surface area contributed by atoms with Gasteiger partial charge in [0.15, 0.2) is 23.2 Å². The minimum Gasteiger partial charge on any atom is -0.394 e. The summed E-state index contributed by atoms with van der Waals surface area (Å²) in [5.41, 5.74) is 4.26. The Bertz CT molecular complexity index is 948. The fraction of sp³-hybridized carbons (Fsp3) is 0.312. The van der Waals surface area contributed by atoms with E-state index in [0.29, 0.717) is 22.7 Å². The molecule has 11 heteroatoms. The lowest BCUT2D eigenvalue weighted by Crippen LogP contribution is -2.33. The summed E-state index contributed by atoms with van der Waals surface area (Å²) >= 11 is 0. The van der Waals surface area contributed by atoms with E-state index in [0.717, 1.165) is 0 Å². The van der Waals surface area contributed by atoms with E-state index in [1.807, 2.05) is 12.1 Å². The zero-order valence-electron chi connectivity index (χ0n) is 14.0. The molecule has 1 saturated heterocycles. The van der Waals surface area contributed by atoms with Crippen molar-refractivity contribution in [1.82, 2.24) is 24.5 Å². The van der Waals surface area contributed by atoms with Gasteiger partial charge in [-0.2, -0.15) is 5.10 Å². The fourth-order valence-electron chi connectivity index (χ4n) is 2.84. The zero-order valence-corrected chi connectivity index (χ0v) is 14.0. The first-order valence-corrected chi connectivity index (χ1v) is 8.19. The highest BCUT2D eigenvalue weighted by Crippen LogP contribution is 2.31. The molecule has 0 radical (unpaired) electrons. The second-order valence-electron chi connectivity index (χ2n) is 5.90. The molecule has 4 rings (SSSR count). The third-order valence-electron chi connectivity index (χ3n) is 4.21. The van der Waals surface area contributed by atoms with Crippen molar-refractivity contribution in [3.63, 3.8) is 0 Å². The molecular weight excluding hydrogens is 354 g/mol. The molecular formula is C16H17N7O4. The van der Waals surface area contributed by atoms with Gasteiger partial charge < -0.3 is 20.1 Å². The van der Waals surface area contributed by atoms with E-state index in [1.54, 1.807) is 12.3 Å². The Kier molecular flexibility index (Phi) is 4.73. The number of aliphatic hydroxyl groups excluding tert-OH is 3. The number of imidazole rings is 1. The Morgan fingerprint density at radius 1 is 1.19 bits per heavy atom. The quantitative estimate of drug-likeness (QED) is 0.336. The number of pyridine rings is 1. The molecule has 27 heavy (non-hydrogen) atoms. The summed E-state index contributed by atoms with van der Waals surface area (Å²) < 4.78 is 7.00. The van der Waals surface area contributed by atoms with Crippen molar-refractivity contribution in [1.29, 1.82) is 0 Å². The van der Waals surface area contributed by atoms with Gasteiger partial charge in [0, 0.05) is 6.20 Å². The van der Waals surface area contributed by atoms with Gasteiger partial charge in [0.05, 0.1) is 24.8 Å². The van der Waals surface area contributed by atoms with E-state index in [1.165, 1.54) is 23.4 Å². The Morgan fingerprint density at radius 2 is 2.07 bits per heavy atom. The van der Waals surface area contributed by atoms with Crippen LogP contribution in [0.4, 0.5) is 5.82 Å². The number of aliphatic hydroxyl groups is 3. The van der Waals surface area contributed by atoms with Crippen molar-refractivity contribution in [3.05, 3.63) is 42.7 Å². The highest BCUT2D eigenvalue weighted by molar-refractivity contribution is 5.84. The number of hydrogen-bond donors (Lipinski definition) is 4. The van der Waals surface area contributed by atoms with Gasteiger partial charge in [-0.1, -0.05) is 6.07 Å². The number of fused-ring (bicyclic) bond motifs is 1. The smallest absolute Gasteiger partial charge is 0.177 e. The predicted octanol–water partition coefficient (Wildman–Crippen LogP) is -0.721. The number of nitrogens with one attached hydrogen (secondary N) is 1. The van der Waals surface area contributed by atoms with Crippen molar-refractivity contribution < 1.29 is 20.1 Å². The van der Waals surface area contributed by atoms with Crippen molar-refractivity contribution in [3.8, 4) is 0 Å². The van der Waals surface area contributed by atoms with E-state index in [4.69, 9.17) is 4.74 Å². The molecule has 1 aliphatic heterocycles. The summed E-state index contributed by atoms with van der Waals surface area (Å²) in [5.74, 6) is 0.359. The van der Waals surface area contributed by atoms with E-state index in [2.05, 4.69) is 30.5 Å². The van der Waals surface area contributed by atoms with Gasteiger partial charge in [0.2, 0.25) is 0 Å². The van der Waals surface area contributed by atoms with Gasteiger partial charge >= 0.3 is 0 Å². The molecule has 0 unspecified atom stereocenters. The van der Waals surface area contributed by atoms with Gasteiger partial charge in [-0.3, -0.25) is 15.0 Å². The molecule has 4 heterocycles. The molecule has 0 saturated carbocycles. The van der Waals surface area contributed by atoms with Crippen LogP contribution in [0.15, 0.2) is 42.2 Å². The number of anilines is 1. The molecule has 3 aromatic heterocycles. The monoisotopic (exact) mass is 371 g/mol. The minimum absolute atomic E-state index is 0.359. The molecule has 4 N–H and O–H groups in total. The van der Waals surface area contributed by atoms with E-state index in [9.17, 15) is 15.3 Å². The first kappa shape index (κ1) is 17.4. The molecule has 0 aromatic carbocycles. The Labute approximate surface area is 153 Å². The van der Waals surface area contributed by atoms with Crippen molar-refractivity contribution in [2.45, 2.75) is 24.5 Å². The molecule has 4 atom stereocenters. The molecule has 1 fully saturated rings. The summed E-state index contributed by atoms with van der Waals surface area (Å²) in [6.07, 6.45) is 1.69. The van der Waals surface area contributed by atoms with Crippen LogP contribution in [0.5, 0.6) is 0 Å². The van der Waals surface area contributed by atoms with Crippen LogP contribution in [0.1, 0.15) is 11.9 Å². The molecule has 1 aliphatic rings. The first-order chi connectivity index (χ1) is 13.2. The number of nitrogens with zero attached hydrogens (tertiary/aromatic N) is 6. The number of hydrogen-bond acceptors (Lipinski definition) is 10. The van der Waals surface area contributed by atoms with Crippen molar-refractivity contribution in [2.75, 3.05) is 12.0 Å². The Hall–Kier alpha value is -2.99. The lowest BCUT2D eigenvalue weighted by molar-refractivity contribution is -0.0511. The molecule has 0 spiro atoms. The van der Waals surface area contributed by atoms with Crippen molar-refractivity contribution >= 4 is 23.2 Å². The van der Waals surface area contributed by atoms with Gasteiger partial charge in [0.1, 0.15) is 24.6 Å². The first-order valence-electron chi connectivity index (χ1n) is 8.19. The molecule has 0 aliphatic carbocycles. The standard InChI is InChI=1S/C16H17N7O4/c24-6-10-12(25)13(26)16(27-10)23-8-20-11-14(18-7-19-15(11)23)22-21-5-9-3-1-2-4-17-9/h1-5,7-8,10,12-13,16,24-26H,6H2,(H,18,19,22)/b21-5+/t10-,12-,13-,16-/m1/s1. The fourth-order valence-corrected chi connectivity index (χ4v) is 2.84. The van der Waals surface area contributed by atoms with Gasteiger partial charge in [0.25, 0.3) is 0 Å². The van der Waals surface area contributed by atoms with Crippen LogP contribution in [-0.2, 0) is 4.74 Å². The number of aromatic nitrogens is 5. The normalized spacial score (nSPS) is 25.4. The summed E-state index contributed by atoms with van der Waals surface area (Å²) in [6.45, 7) is -0.411. The summed E-state index contributed by atoms with van der Waals surface area (Å²) in [5, 5.41) is 33.5. The van der Waals surface area contributed by atoms with Crippen LogP contribution >= 0.6 is 0 Å². The highest BCUT2D eigenvalue weighted by Gasteiger charge is 2.44. The lowest BCUT2D eigenvalue weighted by atomic mass is 10.1. The summed E-state index contributed by atoms with van der Waals surface area (Å²) in [4.78, 5) is 16.7. The SMILES string of the molecule is OC[C@H]1O[C@@H](n2cnc3c(N/N=C/c4ccccn4)ncnc32)[C@H](O)[C@@H]1O. The van der Waals surface area contributed by atoms with Crippen LogP contribution in [0, 0.1) is 0 Å². The van der Waals surface area contributed by atoms with Gasteiger partial charge in [-0.05, 0) is 12.1 Å². The molecule has 0 amide bonds. The Balaban J connectivity index is 1.60. The minimum atomic E-state index is -1.23. The average molecular weight is 371 g/mol. The number of hydrazone groups is 1. The average Bonchev–Trinajstić information content (AvgIpc) is 3.25. The van der Waals surface area contributed by atoms with E-state index >= 15 is 0 Å². The van der Waals surface area contributed by atoms with Crippen LogP contribution in [0.25, 0.3) is 11.2 Å². The van der Waals surface area contributed by atoms with Gasteiger partial charge in [-0.25, -0.2) is 15.0 Å². The second kappa shape index (κ2) is 7.32. The summed E-state index contributed by atoms with van der Waals surface area (Å²) in [7, 11) is 0. The highest BCUT2D eigenvalue weighted by atomic mass is 16.6. The van der Waals surface area contributed by atoms with Crippen molar-refractivity contribution in [2.24, 2.45) is 5.10 Å². The molecule has 140 valence electrons. The molecule has 0 bridgehead atoms. The lowest BCUT2D eigenvalue weighted by Gasteiger charge is -2.16. The largest absolute Gasteiger partial charge is 0.394 e. The third-order valence-corrected chi connectivity index (χ3v) is 4.21. The van der Waals surface area contributed by atoms with Gasteiger partial charge in [-0.15, -0.1) is 0 Å². The molecule has 11 nitrogen and oxygen atoms in total. The van der Waals surface area contributed by atoms with E-state index < -0.39 is 31.1 Å². The van der Waals surface area contributed by atoms with Crippen LogP contribution < -0.4 is 5.43 Å². The number of ether oxygens (including phenoxy) is 1. The maximum Gasteiger partial charge on any atom is 0.177 e. The zero-order chi connectivity index (χ0) is 18.8. The van der Waals surface area contributed by atoms with E-state index in [-0.39, 0.29) is 0 Å². The predicted molar refractivity (Wildman–Crippen MR) is 93.8 cm³/mol. The topological polar surface area (TPSA) is 151 Å². The second-order valence-corrected chi connectivity index (χ2v) is 5.90. The number of rotatable bonds is 5. The van der Waals surface area contributed by atoms with Crippen LogP contribution in [-0.4, -0.2) is 71.0 Å². The maximum absolute atomic E-state index is 10.2. The maximum atomic E-state index is 10.2. The third kappa shape index (κ3) is 3.24. The van der Waals surface area contributed by atoms with Crippen LogP contribution in [0.2, 0.25) is 0 Å². The van der Waals surface area contributed by atoms with Crippen LogP contribution in [0.3, 0.4) is 0 Å². The Morgan fingerprint density at radius 3 is 2.81 bits per heavy atom. The summed E-state index contributed by atoms with van der Waals surface area (Å²) in [6, 6.07) is 5.46.